The second-order valence-corrected chi connectivity index (χ2v) is 8.36. The molecule has 1 aromatic carbocycles. The highest BCUT2D eigenvalue weighted by Gasteiger charge is 2.27. The minimum Gasteiger partial charge on any atom is -0.495 e. The van der Waals surface area contributed by atoms with Crippen LogP contribution in [0.1, 0.15) is 6.92 Å². The number of fused-ring (bicyclic) bond motifs is 1. The lowest BCUT2D eigenvalue weighted by molar-refractivity contribution is 0.0730. The van der Waals surface area contributed by atoms with Crippen molar-refractivity contribution in [3.63, 3.8) is 0 Å². The maximum absolute atomic E-state index is 12.9. The largest absolute Gasteiger partial charge is 0.495 e. The van der Waals surface area contributed by atoms with Crippen molar-refractivity contribution >= 4 is 32.7 Å². The maximum atomic E-state index is 12.9. The van der Waals surface area contributed by atoms with Gasteiger partial charge in [0.05, 0.1) is 43.7 Å². The first-order chi connectivity index (χ1) is 14.5. The molecule has 0 aliphatic carbocycles. The number of morpholine rings is 1. The van der Waals surface area contributed by atoms with E-state index in [0.717, 1.165) is 0 Å². The number of nitrogens with one attached hydrogen (secondary N) is 2. The molecule has 30 heavy (non-hydrogen) atoms. The minimum absolute atomic E-state index is 0.145. The van der Waals surface area contributed by atoms with Gasteiger partial charge in [-0.2, -0.15) is 19.4 Å². The third-order valence-electron chi connectivity index (χ3n) is 4.58. The Balaban J connectivity index is 1.65. The molecule has 0 saturated carbocycles. The van der Waals surface area contributed by atoms with Gasteiger partial charge in [-0.05, 0) is 19.1 Å². The number of nitrogens with zero attached hydrogens (tertiary/aromatic N) is 4. The van der Waals surface area contributed by atoms with Crippen LogP contribution >= 0.6 is 0 Å². The van der Waals surface area contributed by atoms with Gasteiger partial charge in [0.25, 0.3) is 0 Å². The summed E-state index contributed by atoms with van der Waals surface area (Å²) in [6.07, 6.45) is 1.59. The molecule has 2 aromatic heterocycles. The van der Waals surface area contributed by atoms with Crippen LogP contribution < -0.4 is 14.8 Å². The molecule has 12 heteroatoms. The van der Waals surface area contributed by atoms with Gasteiger partial charge < -0.3 is 19.5 Å². The number of H-pyrrole nitrogens is 1. The molecule has 0 spiro atoms. The van der Waals surface area contributed by atoms with Crippen molar-refractivity contribution in [2.24, 2.45) is 0 Å². The van der Waals surface area contributed by atoms with E-state index in [9.17, 15) is 8.42 Å². The van der Waals surface area contributed by atoms with Crippen molar-refractivity contribution in [3.8, 4) is 11.6 Å². The van der Waals surface area contributed by atoms with E-state index in [1.54, 1.807) is 12.3 Å². The molecule has 1 fully saturated rings. The zero-order valence-corrected chi connectivity index (χ0v) is 17.4. The van der Waals surface area contributed by atoms with Gasteiger partial charge in [0.2, 0.25) is 21.9 Å². The second-order valence-electron chi connectivity index (χ2n) is 6.42. The van der Waals surface area contributed by atoms with Crippen molar-refractivity contribution in [1.82, 2.24) is 24.5 Å². The molecule has 3 heterocycles. The summed E-state index contributed by atoms with van der Waals surface area (Å²) in [4.78, 5) is 8.90. The third-order valence-corrected chi connectivity index (χ3v) is 6.48. The number of anilines is 2. The van der Waals surface area contributed by atoms with Crippen molar-refractivity contribution in [3.05, 3.63) is 24.4 Å². The van der Waals surface area contributed by atoms with E-state index in [0.29, 0.717) is 61.3 Å². The number of hydrogen-bond acceptors (Lipinski definition) is 9. The van der Waals surface area contributed by atoms with Crippen molar-refractivity contribution in [2.45, 2.75) is 11.8 Å². The van der Waals surface area contributed by atoms with E-state index in [4.69, 9.17) is 14.2 Å². The van der Waals surface area contributed by atoms with Gasteiger partial charge in [-0.1, -0.05) is 0 Å². The Labute approximate surface area is 173 Å². The molecule has 4 rings (SSSR count). The molecule has 0 amide bonds. The van der Waals surface area contributed by atoms with Crippen LogP contribution in [0.3, 0.4) is 0 Å². The lowest BCUT2D eigenvalue weighted by atomic mass is 10.3. The van der Waals surface area contributed by atoms with Gasteiger partial charge in [0.15, 0.2) is 5.65 Å². The van der Waals surface area contributed by atoms with Crippen molar-refractivity contribution in [1.29, 1.82) is 0 Å². The predicted octanol–water partition coefficient (Wildman–Crippen LogP) is 1.52. The van der Waals surface area contributed by atoms with Gasteiger partial charge in [0.1, 0.15) is 11.1 Å². The Morgan fingerprint density at radius 1 is 1.27 bits per heavy atom. The van der Waals surface area contributed by atoms with Crippen LogP contribution in [-0.4, -0.2) is 72.9 Å². The van der Waals surface area contributed by atoms with Crippen LogP contribution in [0.15, 0.2) is 29.3 Å². The lowest BCUT2D eigenvalue weighted by Crippen LogP contribution is -2.40. The van der Waals surface area contributed by atoms with E-state index in [2.05, 4.69) is 25.5 Å². The summed E-state index contributed by atoms with van der Waals surface area (Å²) in [6, 6.07) is 4.62. The molecular weight excluding hydrogens is 412 g/mol. The first kappa shape index (κ1) is 20.3. The topological polar surface area (TPSA) is 132 Å². The number of benzene rings is 1. The molecule has 11 nitrogen and oxygen atoms in total. The van der Waals surface area contributed by atoms with E-state index < -0.39 is 10.0 Å². The summed E-state index contributed by atoms with van der Waals surface area (Å²) >= 11 is 0. The summed E-state index contributed by atoms with van der Waals surface area (Å²) in [5, 5.41) is 10.5. The zero-order chi connectivity index (χ0) is 21.1. The molecule has 1 aliphatic heterocycles. The van der Waals surface area contributed by atoms with Crippen molar-refractivity contribution < 1.29 is 22.6 Å². The quantitative estimate of drug-likeness (QED) is 0.568. The Morgan fingerprint density at radius 2 is 2.07 bits per heavy atom. The third kappa shape index (κ3) is 3.88. The Hall–Kier alpha value is -2.96. The van der Waals surface area contributed by atoms with Crippen LogP contribution in [0.25, 0.3) is 11.0 Å². The fourth-order valence-corrected chi connectivity index (χ4v) is 4.53. The number of aromatic amines is 1. The molecule has 160 valence electrons. The molecule has 3 aromatic rings. The van der Waals surface area contributed by atoms with Gasteiger partial charge in [-0.25, -0.2) is 8.42 Å². The van der Waals surface area contributed by atoms with Crippen LogP contribution in [0, 0.1) is 0 Å². The van der Waals surface area contributed by atoms with E-state index in [1.807, 2.05) is 6.92 Å². The molecule has 0 radical (unpaired) electrons. The van der Waals surface area contributed by atoms with Gasteiger partial charge >= 0.3 is 0 Å². The van der Waals surface area contributed by atoms with Crippen LogP contribution in [0.2, 0.25) is 0 Å². The molecule has 2 N–H and O–H groups in total. The van der Waals surface area contributed by atoms with Crippen LogP contribution in [0.4, 0.5) is 11.6 Å². The predicted molar refractivity (Wildman–Crippen MR) is 109 cm³/mol. The van der Waals surface area contributed by atoms with E-state index in [-0.39, 0.29) is 10.8 Å². The number of hydrogen-bond donors (Lipinski definition) is 2. The van der Waals surface area contributed by atoms with E-state index >= 15 is 0 Å². The Bertz CT molecular complexity index is 1140. The summed E-state index contributed by atoms with van der Waals surface area (Å²) in [7, 11) is -2.17. The highest BCUT2D eigenvalue weighted by Crippen LogP contribution is 2.32. The Morgan fingerprint density at radius 3 is 2.80 bits per heavy atom. The minimum atomic E-state index is -3.64. The lowest BCUT2D eigenvalue weighted by Gasteiger charge is -2.26. The number of aromatic nitrogens is 4. The van der Waals surface area contributed by atoms with Gasteiger partial charge in [-0.3, -0.25) is 5.10 Å². The monoisotopic (exact) mass is 434 g/mol. The number of rotatable bonds is 7. The molecule has 1 saturated heterocycles. The first-order valence-corrected chi connectivity index (χ1v) is 10.8. The molecule has 0 atom stereocenters. The highest BCUT2D eigenvalue weighted by atomic mass is 32.2. The standard InChI is InChI=1S/C18H22N6O5S/c1-3-29-17-13-11-19-23-16(13)21-18(22-17)20-14-5-4-12(10-15(14)27-2)30(25,26)24-6-8-28-9-7-24/h4-5,10-11H,3,6-9H2,1-2H3,(H2,19,20,21,22,23). The number of ether oxygens (including phenoxy) is 3. The fourth-order valence-electron chi connectivity index (χ4n) is 3.10. The summed E-state index contributed by atoms with van der Waals surface area (Å²) in [5.41, 5.74) is 1.03. The SMILES string of the molecule is CCOc1nc(Nc2ccc(S(=O)(=O)N3CCOCC3)cc2OC)nc2[nH]ncc12. The smallest absolute Gasteiger partial charge is 0.243 e. The fraction of sp³-hybridized carbons (Fsp3) is 0.389. The normalized spacial score (nSPS) is 15.3. The van der Waals surface area contributed by atoms with Crippen molar-refractivity contribution in [2.75, 3.05) is 45.3 Å². The highest BCUT2D eigenvalue weighted by molar-refractivity contribution is 7.89. The summed E-state index contributed by atoms with van der Waals surface area (Å²) in [6.45, 7) is 3.70. The van der Waals surface area contributed by atoms with Gasteiger partial charge in [-0.15, -0.1) is 0 Å². The maximum Gasteiger partial charge on any atom is 0.243 e. The second kappa shape index (κ2) is 8.42. The molecule has 1 aliphatic rings. The molecular formula is C18H22N6O5S. The zero-order valence-electron chi connectivity index (χ0n) is 16.6. The molecule has 0 bridgehead atoms. The van der Waals surface area contributed by atoms with Gasteiger partial charge in [0, 0.05) is 19.2 Å². The molecule has 0 unspecified atom stereocenters. The number of sulfonamides is 1. The van der Waals surface area contributed by atoms with E-state index in [1.165, 1.54) is 23.5 Å². The van der Waals surface area contributed by atoms with Crippen LogP contribution in [0.5, 0.6) is 11.6 Å². The average Bonchev–Trinajstić information content (AvgIpc) is 3.24. The average molecular weight is 434 g/mol. The summed E-state index contributed by atoms with van der Waals surface area (Å²) in [5.74, 6) is 0.997. The van der Waals surface area contributed by atoms with Crippen LogP contribution in [-0.2, 0) is 14.8 Å². The Kier molecular flexibility index (Phi) is 5.70. The number of methoxy groups -OCH3 is 1. The summed E-state index contributed by atoms with van der Waals surface area (Å²) < 4.78 is 43.4. The first-order valence-electron chi connectivity index (χ1n) is 9.40.